The van der Waals surface area contributed by atoms with E-state index in [4.69, 9.17) is 4.74 Å². The zero-order valence-electron chi connectivity index (χ0n) is 19.2. The minimum Gasteiger partial charge on any atom is -0.480 e. The fourth-order valence-electron chi connectivity index (χ4n) is 4.30. The van der Waals surface area contributed by atoms with Crippen molar-refractivity contribution in [2.45, 2.75) is 30.7 Å². The molecule has 1 aliphatic rings. The predicted octanol–water partition coefficient (Wildman–Crippen LogP) is 4.21. The number of aromatic amines is 1. The molecule has 2 aromatic carbocycles. The number of hydrogen-bond acceptors (Lipinski definition) is 6. The van der Waals surface area contributed by atoms with Gasteiger partial charge in [0.1, 0.15) is 5.82 Å². The molecule has 2 aromatic heterocycles. The minimum absolute atomic E-state index is 0.207. The Kier molecular flexibility index (Phi) is 5.97. The highest BCUT2D eigenvalue weighted by Gasteiger charge is 2.29. The topological polar surface area (TPSA) is 100 Å². The second-order valence-corrected chi connectivity index (χ2v) is 10.5. The Morgan fingerprint density at radius 2 is 1.76 bits per heavy atom. The first-order chi connectivity index (χ1) is 16.4. The van der Waals surface area contributed by atoms with Crippen LogP contribution >= 0.6 is 0 Å². The number of pyridine rings is 1. The zero-order valence-corrected chi connectivity index (χ0v) is 20.0. The number of nitrogens with zero attached hydrogens (tertiary/aromatic N) is 3. The van der Waals surface area contributed by atoms with Gasteiger partial charge >= 0.3 is 0 Å². The number of nitrogens with one attached hydrogen (secondary N) is 2. The highest BCUT2D eigenvalue weighted by Crippen LogP contribution is 2.30. The van der Waals surface area contributed by atoms with Crippen molar-refractivity contribution in [2.75, 3.05) is 25.5 Å². The summed E-state index contributed by atoms with van der Waals surface area (Å²) < 4.78 is 33.3. The van der Waals surface area contributed by atoms with E-state index in [2.05, 4.69) is 20.5 Å². The van der Waals surface area contributed by atoms with Crippen LogP contribution in [-0.4, -0.2) is 54.1 Å². The molecule has 1 fully saturated rings. The Balaban J connectivity index is 1.27. The number of benzene rings is 2. The molecule has 5 rings (SSSR count). The summed E-state index contributed by atoms with van der Waals surface area (Å²) in [6, 6.07) is 17.1. The number of ether oxygens (including phenoxy) is 1. The molecule has 0 saturated carbocycles. The Morgan fingerprint density at radius 1 is 1.03 bits per heavy atom. The quantitative estimate of drug-likeness (QED) is 0.432. The summed E-state index contributed by atoms with van der Waals surface area (Å²) in [5.41, 5.74) is 3.89. The smallest absolute Gasteiger partial charge is 0.243 e. The van der Waals surface area contributed by atoms with Crippen molar-refractivity contribution in [3.63, 3.8) is 0 Å². The fourth-order valence-corrected chi connectivity index (χ4v) is 5.77. The summed E-state index contributed by atoms with van der Waals surface area (Å²) >= 11 is 0. The Bertz CT molecular complexity index is 1390. The standard InChI is InChI=1S/C25H27N5O3S/c1-17-3-10-24(26-16-17)27-20-11-13-30(14-12-20)34(31,32)21-7-4-18(5-8-21)19-6-9-23-22(15-19)25(33-2)29-28-23/h3-10,15-16,20H,11-14H2,1-2H3,(H,26,27)(H,28,29). The molecule has 0 atom stereocenters. The van der Waals surface area contributed by atoms with Gasteiger partial charge in [-0.15, -0.1) is 5.10 Å². The van der Waals surface area contributed by atoms with Gasteiger partial charge in [0, 0.05) is 25.3 Å². The molecule has 8 nitrogen and oxygen atoms in total. The van der Waals surface area contributed by atoms with Crippen LogP contribution in [0.4, 0.5) is 5.82 Å². The van der Waals surface area contributed by atoms with Crippen LogP contribution in [0.3, 0.4) is 0 Å². The second-order valence-electron chi connectivity index (χ2n) is 8.56. The summed E-state index contributed by atoms with van der Waals surface area (Å²) in [5.74, 6) is 1.36. The molecule has 3 heterocycles. The number of sulfonamides is 1. The first kappa shape index (κ1) is 22.4. The highest BCUT2D eigenvalue weighted by atomic mass is 32.2. The number of methoxy groups -OCH3 is 1. The van der Waals surface area contributed by atoms with Crippen molar-refractivity contribution in [2.24, 2.45) is 0 Å². The van der Waals surface area contributed by atoms with E-state index in [1.165, 1.54) is 0 Å². The lowest BCUT2D eigenvalue weighted by Crippen LogP contribution is -2.42. The molecule has 1 aliphatic heterocycles. The van der Waals surface area contributed by atoms with Gasteiger partial charge in [-0.25, -0.2) is 13.4 Å². The maximum atomic E-state index is 13.2. The van der Waals surface area contributed by atoms with Gasteiger partial charge in [-0.3, -0.25) is 5.10 Å². The Labute approximate surface area is 199 Å². The molecule has 0 spiro atoms. The van der Waals surface area contributed by atoms with Gasteiger partial charge in [0.25, 0.3) is 0 Å². The summed E-state index contributed by atoms with van der Waals surface area (Å²) in [7, 11) is -1.96. The SMILES string of the molecule is COc1n[nH]c2ccc(-c3ccc(S(=O)(=O)N4CCC(Nc5ccc(C)cn5)CC4)cc3)cc12. The number of aromatic nitrogens is 3. The van der Waals surface area contributed by atoms with Crippen molar-refractivity contribution in [1.82, 2.24) is 19.5 Å². The summed E-state index contributed by atoms with van der Waals surface area (Å²) in [5, 5.41) is 11.4. The summed E-state index contributed by atoms with van der Waals surface area (Å²) in [4.78, 5) is 4.70. The number of fused-ring (bicyclic) bond motifs is 1. The van der Waals surface area contributed by atoms with Gasteiger partial charge in [-0.1, -0.05) is 24.3 Å². The van der Waals surface area contributed by atoms with Crippen LogP contribution in [0.2, 0.25) is 0 Å². The highest BCUT2D eigenvalue weighted by molar-refractivity contribution is 7.89. The van der Waals surface area contributed by atoms with Gasteiger partial charge in [-0.05, 0) is 66.8 Å². The van der Waals surface area contributed by atoms with Gasteiger partial charge in [-0.2, -0.15) is 4.31 Å². The van der Waals surface area contributed by atoms with Crippen LogP contribution in [-0.2, 0) is 10.0 Å². The molecular formula is C25H27N5O3S. The third-order valence-electron chi connectivity index (χ3n) is 6.26. The van der Waals surface area contributed by atoms with Crippen LogP contribution < -0.4 is 10.1 Å². The molecule has 34 heavy (non-hydrogen) atoms. The lowest BCUT2D eigenvalue weighted by molar-refractivity contribution is 0.329. The van der Waals surface area contributed by atoms with Gasteiger partial charge in [0.15, 0.2) is 0 Å². The van der Waals surface area contributed by atoms with Crippen molar-refractivity contribution in [3.05, 3.63) is 66.4 Å². The van der Waals surface area contributed by atoms with Crippen LogP contribution in [0, 0.1) is 6.92 Å². The van der Waals surface area contributed by atoms with Crippen molar-refractivity contribution in [1.29, 1.82) is 0 Å². The number of piperidine rings is 1. The van der Waals surface area contributed by atoms with Crippen LogP contribution in [0.15, 0.2) is 65.7 Å². The average molecular weight is 478 g/mol. The van der Waals surface area contributed by atoms with E-state index in [0.717, 1.165) is 46.3 Å². The Hall–Kier alpha value is -3.43. The van der Waals surface area contributed by atoms with E-state index in [0.29, 0.717) is 23.9 Å². The van der Waals surface area contributed by atoms with E-state index in [-0.39, 0.29) is 6.04 Å². The van der Waals surface area contributed by atoms with Gasteiger partial charge in [0.05, 0.1) is 22.9 Å². The van der Waals surface area contributed by atoms with E-state index in [1.54, 1.807) is 23.5 Å². The molecule has 1 saturated heterocycles. The second kappa shape index (κ2) is 9.08. The van der Waals surface area contributed by atoms with E-state index >= 15 is 0 Å². The third kappa shape index (κ3) is 4.36. The minimum atomic E-state index is -3.54. The molecule has 0 aliphatic carbocycles. The van der Waals surface area contributed by atoms with Crippen molar-refractivity contribution in [3.8, 4) is 17.0 Å². The average Bonchev–Trinajstić information content (AvgIpc) is 3.28. The molecule has 0 bridgehead atoms. The van der Waals surface area contributed by atoms with Crippen molar-refractivity contribution >= 4 is 26.7 Å². The predicted molar refractivity (Wildman–Crippen MR) is 132 cm³/mol. The first-order valence-electron chi connectivity index (χ1n) is 11.3. The molecule has 176 valence electrons. The number of hydrogen-bond donors (Lipinski definition) is 2. The molecule has 0 amide bonds. The maximum absolute atomic E-state index is 13.2. The lowest BCUT2D eigenvalue weighted by Gasteiger charge is -2.32. The normalized spacial score (nSPS) is 15.5. The van der Waals surface area contributed by atoms with Gasteiger partial charge < -0.3 is 10.1 Å². The van der Waals surface area contributed by atoms with Crippen LogP contribution in [0.25, 0.3) is 22.0 Å². The lowest BCUT2D eigenvalue weighted by atomic mass is 10.0. The van der Waals surface area contributed by atoms with Crippen molar-refractivity contribution < 1.29 is 13.2 Å². The molecule has 2 N–H and O–H groups in total. The molecule has 0 unspecified atom stereocenters. The van der Waals surface area contributed by atoms with E-state index in [9.17, 15) is 8.42 Å². The first-order valence-corrected chi connectivity index (χ1v) is 12.7. The Morgan fingerprint density at radius 3 is 2.44 bits per heavy atom. The number of anilines is 1. The number of aryl methyl sites for hydroxylation is 1. The molecular weight excluding hydrogens is 450 g/mol. The van der Waals surface area contributed by atoms with E-state index < -0.39 is 10.0 Å². The molecule has 9 heteroatoms. The van der Waals surface area contributed by atoms with Crippen LogP contribution in [0.5, 0.6) is 5.88 Å². The largest absolute Gasteiger partial charge is 0.480 e. The molecule has 4 aromatic rings. The summed E-state index contributed by atoms with van der Waals surface area (Å²) in [6.07, 6.45) is 3.30. The fraction of sp³-hybridized carbons (Fsp3) is 0.280. The monoisotopic (exact) mass is 477 g/mol. The third-order valence-corrected chi connectivity index (χ3v) is 8.18. The summed E-state index contributed by atoms with van der Waals surface area (Å²) in [6.45, 7) is 2.96. The van der Waals surface area contributed by atoms with E-state index in [1.807, 2.05) is 55.6 Å². The van der Waals surface area contributed by atoms with Gasteiger partial charge in [0.2, 0.25) is 15.9 Å². The number of rotatable bonds is 6. The zero-order chi connectivity index (χ0) is 23.7. The molecule has 0 radical (unpaired) electrons. The number of H-pyrrole nitrogens is 1. The van der Waals surface area contributed by atoms with Crippen LogP contribution in [0.1, 0.15) is 18.4 Å². The maximum Gasteiger partial charge on any atom is 0.243 e.